The van der Waals surface area contributed by atoms with Crippen molar-refractivity contribution >= 4 is 11.8 Å². The Labute approximate surface area is 129 Å². The Morgan fingerprint density at radius 2 is 1.48 bits per heavy atom. The third-order valence-electron chi connectivity index (χ3n) is 4.70. The minimum absolute atomic E-state index is 0.00592. The summed E-state index contributed by atoms with van der Waals surface area (Å²) in [6.45, 7) is 13.7. The highest BCUT2D eigenvalue weighted by Gasteiger charge is 2.41. The first-order chi connectivity index (χ1) is 9.80. The highest BCUT2D eigenvalue weighted by atomic mass is 16.5. The van der Waals surface area contributed by atoms with Gasteiger partial charge in [0.15, 0.2) is 0 Å². The number of carbonyl (C=O) groups is 1. The van der Waals surface area contributed by atoms with Crippen LogP contribution in [0.15, 0.2) is 30.3 Å². The molecule has 0 aromatic heterocycles. The number of anilines is 1. The second-order valence-electron chi connectivity index (χ2n) is 6.64. The lowest BCUT2D eigenvalue weighted by molar-refractivity contribution is -0.0188. The minimum Gasteiger partial charge on any atom is -0.449 e. The number of rotatable bonds is 6. The van der Waals surface area contributed by atoms with Crippen molar-refractivity contribution in [2.24, 2.45) is 23.2 Å². The molecule has 0 unspecified atom stereocenters. The molecule has 0 spiro atoms. The van der Waals surface area contributed by atoms with Crippen LogP contribution in [0.2, 0.25) is 0 Å². The van der Waals surface area contributed by atoms with Crippen molar-refractivity contribution < 1.29 is 9.53 Å². The fraction of sp³-hybridized carbons (Fsp3) is 0.611. The Bertz CT molecular complexity index is 416. The van der Waals surface area contributed by atoms with Crippen LogP contribution in [0.1, 0.15) is 41.5 Å². The molecule has 0 saturated heterocycles. The predicted octanol–water partition coefficient (Wildman–Crippen LogP) is 5.19. The molecule has 0 atom stereocenters. The van der Waals surface area contributed by atoms with Crippen LogP contribution in [0.25, 0.3) is 0 Å². The van der Waals surface area contributed by atoms with E-state index in [2.05, 4.69) is 46.9 Å². The molecular weight excluding hydrogens is 262 g/mol. The van der Waals surface area contributed by atoms with Crippen molar-refractivity contribution in [2.45, 2.75) is 41.5 Å². The van der Waals surface area contributed by atoms with Gasteiger partial charge in [-0.05, 0) is 29.9 Å². The van der Waals surface area contributed by atoms with Crippen LogP contribution in [0.4, 0.5) is 10.5 Å². The van der Waals surface area contributed by atoms with Gasteiger partial charge in [0.2, 0.25) is 0 Å². The lowest BCUT2D eigenvalue weighted by Gasteiger charge is -2.44. The zero-order valence-corrected chi connectivity index (χ0v) is 14.1. The van der Waals surface area contributed by atoms with E-state index in [-0.39, 0.29) is 11.5 Å². The van der Waals surface area contributed by atoms with Crippen LogP contribution in [0.5, 0.6) is 0 Å². The monoisotopic (exact) mass is 291 g/mol. The smallest absolute Gasteiger partial charge is 0.411 e. The number of hydrogen-bond donors (Lipinski definition) is 1. The number of amides is 1. The van der Waals surface area contributed by atoms with Crippen molar-refractivity contribution in [1.29, 1.82) is 0 Å². The molecule has 3 nitrogen and oxygen atoms in total. The summed E-state index contributed by atoms with van der Waals surface area (Å²) in [4.78, 5) is 12.0. The zero-order chi connectivity index (χ0) is 16.0. The number of nitrogens with one attached hydrogen (secondary N) is 1. The first-order valence-electron chi connectivity index (χ1n) is 7.79. The van der Waals surface area contributed by atoms with E-state index in [1.54, 1.807) is 0 Å². The van der Waals surface area contributed by atoms with E-state index < -0.39 is 0 Å². The molecule has 0 aliphatic rings. The third kappa shape index (κ3) is 4.23. The van der Waals surface area contributed by atoms with Crippen LogP contribution in [-0.4, -0.2) is 12.7 Å². The van der Waals surface area contributed by atoms with Crippen molar-refractivity contribution in [2.75, 3.05) is 11.9 Å². The molecule has 118 valence electrons. The van der Waals surface area contributed by atoms with Gasteiger partial charge in [0.25, 0.3) is 0 Å². The summed E-state index contributed by atoms with van der Waals surface area (Å²) >= 11 is 0. The molecule has 0 aliphatic carbocycles. The second kappa shape index (κ2) is 7.48. The van der Waals surface area contributed by atoms with E-state index >= 15 is 0 Å². The van der Waals surface area contributed by atoms with Gasteiger partial charge in [-0.15, -0.1) is 0 Å². The van der Waals surface area contributed by atoms with Gasteiger partial charge in [0, 0.05) is 11.1 Å². The molecule has 1 aromatic carbocycles. The molecule has 0 bridgehead atoms. The van der Waals surface area contributed by atoms with E-state index in [4.69, 9.17) is 4.74 Å². The van der Waals surface area contributed by atoms with E-state index in [0.717, 1.165) is 5.69 Å². The molecule has 21 heavy (non-hydrogen) atoms. The minimum atomic E-state index is -0.382. The predicted molar refractivity (Wildman–Crippen MR) is 88.4 cm³/mol. The summed E-state index contributed by atoms with van der Waals surface area (Å²) in [5.41, 5.74) is 0.750. The summed E-state index contributed by atoms with van der Waals surface area (Å²) in [5, 5.41) is 2.77. The maximum atomic E-state index is 12.0. The molecule has 3 heteroatoms. The van der Waals surface area contributed by atoms with E-state index in [0.29, 0.717) is 24.4 Å². The standard InChI is InChI=1S/C18H29NO2/c1-13(2)18(14(3)4,15(5)6)12-21-17(20)19-16-10-8-7-9-11-16/h7-11,13-15H,12H2,1-6H3,(H,19,20). The average Bonchev–Trinajstić information content (AvgIpc) is 2.39. The van der Waals surface area contributed by atoms with Gasteiger partial charge < -0.3 is 4.74 Å². The van der Waals surface area contributed by atoms with E-state index in [1.165, 1.54) is 0 Å². The Morgan fingerprint density at radius 3 is 1.90 bits per heavy atom. The molecule has 0 fully saturated rings. The van der Waals surface area contributed by atoms with Gasteiger partial charge in [-0.2, -0.15) is 0 Å². The molecule has 0 radical (unpaired) electrons. The van der Waals surface area contributed by atoms with Gasteiger partial charge in [-0.1, -0.05) is 59.7 Å². The van der Waals surface area contributed by atoms with Gasteiger partial charge in [0.05, 0.1) is 6.61 Å². The number of hydrogen-bond acceptors (Lipinski definition) is 2. The van der Waals surface area contributed by atoms with Crippen molar-refractivity contribution in [1.82, 2.24) is 0 Å². The molecule has 0 heterocycles. The number of carbonyl (C=O) groups excluding carboxylic acids is 1. The van der Waals surface area contributed by atoms with Crippen molar-refractivity contribution in [3.8, 4) is 0 Å². The number of ether oxygens (including phenoxy) is 1. The Kier molecular flexibility index (Phi) is 6.25. The van der Waals surface area contributed by atoms with Crippen LogP contribution in [-0.2, 0) is 4.74 Å². The first kappa shape index (κ1) is 17.5. The van der Waals surface area contributed by atoms with Crippen LogP contribution in [0, 0.1) is 23.2 Å². The van der Waals surface area contributed by atoms with Gasteiger partial charge >= 0.3 is 6.09 Å². The SMILES string of the molecule is CC(C)C(COC(=O)Nc1ccccc1)(C(C)C)C(C)C. The lowest BCUT2D eigenvalue weighted by atomic mass is 9.63. The molecule has 1 amide bonds. The van der Waals surface area contributed by atoms with E-state index in [1.807, 2.05) is 30.3 Å². The normalized spacial score (nSPS) is 12.0. The fourth-order valence-electron chi connectivity index (χ4n) is 3.37. The summed E-state index contributed by atoms with van der Waals surface area (Å²) in [6.07, 6.45) is -0.382. The first-order valence-corrected chi connectivity index (χ1v) is 7.79. The largest absolute Gasteiger partial charge is 0.449 e. The lowest BCUT2D eigenvalue weighted by Crippen LogP contribution is -2.43. The highest BCUT2D eigenvalue weighted by molar-refractivity contribution is 5.84. The van der Waals surface area contributed by atoms with Gasteiger partial charge in [-0.25, -0.2) is 4.79 Å². The quantitative estimate of drug-likeness (QED) is 0.783. The molecule has 1 aromatic rings. The van der Waals surface area contributed by atoms with Crippen LogP contribution in [0.3, 0.4) is 0 Å². The second-order valence-corrected chi connectivity index (χ2v) is 6.64. The van der Waals surface area contributed by atoms with Crippen molar-refractivity contribution in [3.05, 3.63) is 30.3 Å². The van der Waals surface area contributed by atoms with Crippen molar-refractivity contribution in [3.63, 3.8) is 0 Å². The average molecular weight is 291 g/mol. The molecule has 1 rings (SSSR count). The molecule has 0 aliphatic heterocycles. The topological polar surface area (TPSA) is 38.3 Å². The molecule has 1 N–H and O–H groups in total. The number of para-hydroxylation sites is 1. The molecular formula is C18H29NO2. The van der Waals surface area contributed by atoms with Gasteiger partial charge in [0.1, 0.15) is 0 Å². The highest BCUT2D eigenvalue weighted by Crippen LogP contribution is 2.43. The van der Waals surface area contributed by atoms with Crippen LogP contribution >= 0.6 is 0 Å². The summed E-state index contributed by atoms with van der Waals surface area (Å²) in [5.74, 6) is 1.34. The third-order valence-corrected chi connectivity index (χ3v) is 4.70. The Hall–Kier alpha value is -1.51. The summed E-state index contributed by atoms with van der Waals surface area (Å²) < 4.78 is 5.55. The zero-order valence-electron chi connectivity index (χ0n) is 14.1. The Balaban J connectivity index is 2.71. The molecule has 0 saturated carbocycles. The maximum Gasteiger partial charge on any atom is 0.411 e. The number of benzene rings is 1. The summed E-state index contributed by atoms with van der Waals surface area (Å²) in [6, 6.07) is 9.38. The summed E-state index contributed by atoms with van der Waals surface area (Å²) in [7, 11) is 0. The van der Waals surface area contributed by atoms with Gasteiger partial charge in [-0.3, -0.25) is 5.32 Å². The van der Waals surface area contributed by atoms with Crippen LogP contribution < -0.4 is 5.32 Å². The fourth-order valence-corrected chi connectivity index (χ4v) is 3.37. The Morgan fingerprint density at radius 1 is 1.00 bits per heavy atom. The van der Waals surface area contributed by atoms with E-state index in [9.17, 15) is 4.79 Å². The maximum absolute atomic E-state index is 12.0.